The molecule has 0 aliphatic carbocycles. The lowest BCUT2D eigenvalue weighted by atomic mass is 10.3. The molecule has 0 aliphatic rings. The van der Waals surface area contributed by atoms with Crippen LogP contribution in [0.4, 0.5) is 10.1 Å². The Balaban J connectivity index is 3.04. The van der Waals surface area contributed by atoms with Crippen LogP contribution in [0, 0.1) is 5.82 Å². The number of rotatable bonds is 2. The van der Waals surface area contributed by atoms with Gasteiger partial charge in [0.15, 0.2) is 0 Å². The van der Waals surface area contributed by atoms with Gasteiger partial charge in [-0.05, 0) is 41.1 Å². The van der Waals surface area contributed by atoms with Gasteiger partial charge in [0, 0.05) is 18.1 Å². The minimum atomic E-state index is -0.200. The largest absolute Gasteiger partial charge is 0.374 e. The maximum atomic E-state index is 12.8. The number of benzene rings is 1. The molecule has 0 saturated heterocycles. The first-order valence-electron chi connectivity index (χ1n) is 3.81. The molecule has 0 radical (unpaired) electrons. The van der Waals surface area contributed by atoms with Crippen molar-refractivity contribution in [3.05, 3.63) is 28.5 Å². The molecule has 66 valence electrons. The van der Waals surface area contributed by atoms with E-state index < -0.39 is 0 Å². The lowest BCUT2D eigenvalue weighted by Gasteiger charge is -2.18. The summed E-state index contributed by atoms with van der Waals surface area (Å²) in [6.45, 7) is 2.89. The topological polar surface area (TPSA) is 3.24 Å². The summed E-state index contributed by atoms with van der Waals surface area (Å²) < 4.78 is 13.7. The molecule has 0 aliphatic heterocycles. The number of halogens is 2. The van der Waals surface area contributed by atoms with E-state index in [9.17, 15) is 4.39 Å². The summed E-state index contributed by atoms with van der Waals surface area (Å²) in [5, 5.41) is 0. The van der Waals surface area contributed by atoms with Crippen molar-refractivity contribution in [1.82, 2.24) is 0 Å². The second-order valence-electron chi connectivity index (χ2n) is 2.61. The van der Waals surface area contributed by atoms with Gasteiger partial charge in [-0.15, -0.1) is 0 Å². The SMILES string of the molecule is CCN(C)c1cc(F)ccc1Br. The predicted octanol–water partition coefficient (Wildman–Crippen LogP) is 3.04. The molecule has 3 heteroatoms. The Morgan fingerprint density at radius 2 is 2.17 bits per heavy atom. The van der Waals surface area contributed by atoms with E-state index >= 15 is 0 Å². The number of hydrogen-bond donors (Lipinski definition) is 0. The number of anilines is 1. The van der Waals surface area contributed by atoms with Crippen LogP contribution in [0.25, 0.3) is 0 Å². The molecule has 0 heterocycles. The minimum absolute atomic E-state index is 0.200. The molecule has 12 heavy (non-hydrogen) atoms. The van der Waals surface area contributed by atoms with Crippen molar-refractivity contribution in [3.63, 3.8) is 0 Å². The van der Waals surface area contributed by atoms with E-state index in [-0.39, 0.29) is 5.82 Å². The fourth-order valence-electron chi connectivity index (χ4n) is 0.949. The third kappa shape index (κ3) is 1.97. The van der Waals surface area contributed by atoms with Crippen LogP contribution in [0.3, 0.4) is 0 Å². The van der Waals surface area contributed by atoms with Crippen LogP contribution in [0.2, 0.25) is 0 Å². The van der Waals surface area contributed by atoms with Gasteiger partial charge < -0.3 is 4.90 Å². The first kappa shape index (κ1) is 9.52. The Morgan fingerprint density at radius 1 is 1.50 bits per heavy atom. The fraction of sp³-hybridized carbons (Fsp3) is 0.333. The lowest BCUT2D eigenvalue weighted by molar-refractivity contribution is 0.627. The molecular weight excluding hydrogens is 221 g/mol. The van der Waals surface area contributed by atoms with Gasteiger partial charge in [-0.3, -0.25) is 0 Å². The number of hydrogen-bond acceptors (Lipinski definition) is 1. The van der Waals surface area contributed by atoms with Gasteiger partial charge in [0.1, 0.15) is 5.82 Å². The minimum Gasteiger partial charge on any atom is -0.374 e. The zero-order valence-electron chi connectivity index (χ0n) is 7.14. The van der Waals surface area contributed by atoms with Gasteiger partial charge in [-0.2, -0.15) is 0 Å². The zero-order chi connectivity index (χ0) is 9.14. The van der Waals surface area contributed by atoms with E-state index in [1.807, 2.05) is 18.9 Å². The van der Waals surface area contributed by atoms with Crippen molar-refractivity contribution in [2.75, 3.05) is 18.5 Å². The summed E-state index contributed by atoms with van der Waals surface area (Å²) in [6, 6.07) is 4.68. The van der Waals surface area contributed by atoms with E-state index in [1.165, 1.54) is 12.1 Å². The van der Waals surface area contributed by atoms with Crippen molar-refractivity contribution in [3.8, 4) is 0 Å². The summed E-state index contributed by atoms with van der Waals surface area (Å²) in [4.78, 5) is 1.98. The highest BCUT2D eigenvalue weighted by Crippen LogP contribution is 2.25. The van der Waals surface area contributed by atoms with Crippen LogP contribution in [-0.4, -0.2) is 13.6 Å². The third-order valence-electron chi connectivity index (χ3n) is 1.79. The molecule has 0 N–H and O–H groups in total. The molecule has 0 atom stereocenters. The molecule has 0 amide bonds. The van der Waals surface area contributed by atoms with Gasteiger partial charge >= 0.3 is 0 Å². The second-order valence-corrected chi connectivity index (χ2v) is 3.46. The van der Waals surface area contributed by atoms with Gasteiger partial charge in [-0.25, -0.2) is 4.39 Å². The van der Waals surface area contributed by atoms with Crippen molar-refractivity contribution in [2.24, 2.45) is 0 Å². The van der Waals surface area contributed by atoms with E-state index in [0.29, 0.717) is 0 Å². The molecule has 1 aromatic rings. The Morgan fingerprint density at radius 3 is 2.75 bits per heavy atom. The average molecular weight is 232 g/mol. The second kappa shape index (κ2) is 3.90. The summed E-state index contributed by atoms with van der Waals surface area (Å²) in [5.74, 6) is -0.200. The quantitative estimate of drug-likeness (QED) is 0.757. The normalized spacial score (nSPS) is 10.0. The molecule has 0 fully saturated rings. The standard InChI is InChI=1S/C9H11BrFN/c1-3-12(2)9-6-7(11)4-5-8(9)10/h4-6H,3H2,1-2H3. The Bertz CT molecular complexity index is 275. The summed E-state index contributed by atoms with van der Waals surface area (Å²) >= 11 is 3.36. The first-order chi connectivity index (χ1) is 5.65. The van der Waals surface area contributed by atoms with E-state index in [4.69, 9.17) is 0 Å². The third-order valence-corrected chi connectivity index (χ3v) is 2.46. The summed E-state index contributed by atoms with van der Waals surface area (Å²) in [5.41, 5.74) is 0.887. The van der Waals surface area contributed by atoms with Crippen LogP contribution >= 0.6 is 15.9 Å². The first-order valence-corrected chi connectivity index (χ1v) is 4.60. The smallest absolute Gasteiger partial charge is 0.125 e. The van der Waals surface area contributed by atoms with Crippen LogP contribution in [0.5, 0.6) is 0 Å². The highest BCUT2D eigenvalue weighted by molar-refractivity contribution is 9.10. The molecular formula is C9H11BrFN. The molecule has 0 saturated carbocycles. The zero-order valence-corrected chi connectivity index (χ0v) is 8.73. The van der Waals surface area contributed by atoms with Crippen molar-refractivity contribution >= 4 is 21.6 Å². The van der Waals surface area contributed by atoms with Gasteiger partial charge in [0.05, 0.1) is 5.69 Å². The molecule has 1 rings (SSSR count). The van der Waals surface area contributed by atoms with Crippen LogP contribution in [0.1, 0.15) is 6.92 Å². The Kier molecular flexibility index (Phi) is 3.09. The molecule has 0 unspecified atom stereocenters. The van der Waals surface area contributed by atoms with Crippen molar-refractivity contribution in [2.45, 2.75) is 6.92 Å². The molecule has 1 aromatic carbocycles. The van der Waals surface area contributed by atoms with E-state index in [1.54, 1.807) is 6.07 Å². The van der Waals surface area contributed by atoms with Gasteiger partial charge in [-0.1, -0.05) is 0 Å². The molecule has 0 spiro atoms. The highest BCUT2D eigenvalue weighted by Gasteiger charge is 2.04. The van der Waals surface area contributed by atoms with Crippen LogP contribution in [-0.2, 0) is 0 Å². The maximum absolute atomic E-state index is 12.8. The fourth-order valence-corrected chi connectivity index (χ4v) is 1.50. The predicted molar refractivity (Wildman–Crippen MR) is 53.0 cm³/mol. The molecule has 1 nitrogen and oxygen atoms in total. The van der Waals surface area contributed by atoms with Crippen LogP contribution < -0.4 is 4.90 Å². The summed E-state index contributed by atoms with van der Waals surface area (Å²) in [6.07, 6.45) is 0. The molecule has 0 bridgehead atoms. The lowest BCUT2D eigenvalue weighted by Crippen LogP contribution is -2.16. The van der Waals surface area contributed by atoms with E-state index in [0.717, 1.165) is 16.7 Å². The molecule has 0 aromatic heterocycles. The van der Waals surface area contributed by atoms with Gasteiger partial charge in [0.2, 0.25) is 0 Å². The van der Waals surface area contributed by atoms with Crippen molar-refractivity contribution < 1.29 is 4.39 Å². The Labute approximate surface area is 80.3 Å². The highest BCUT2D eigenvalue weighted by atomic mass is 79.9. The van der Waals surface area contributed by atoms with E-state index in [2.05, 4.69) is 15.9 Å². The monoisotopic (exact) mass is 231 g/mol. The van der Waals surface area contributed by atoms with Crippen LogP contribution in [0.15, 0.2) is 22.7 Å². The van der Waals surface area contributed by atoms with Gasteiger partial charge in [0.25, 0.3) is 0 Å². The Hall–Kier alpha value is -0.570. The number of nitrogens with zero attached hydrogens (tertiary/aromatic N) is 1. The maximum Gasteiger partial charge on any atom is 0.125 e. The van der Waals surface area contributed by atoms with Crippen molar-refractivity contribution in [1.29, 1.82) is 0 Å². The average Bonchev–Trinajstić information content (AvgIpc) is 2.08. The summed E-state index contributed by atoms with van der Waals surface area (Å²) in [7, 11) is 1.93.